The highest BCUT2D eigenvalue weighted by Crippen LogP contribution is 2.17. The van der Waals surface area contributed by atoms with E-state index in [9.17, 15) is 14.4 Å². The monoisotopic (exact) mass is 454 g/mol. The van der Waals surface area contributed by atoms with Gasteiger partial charge in [0.25, 0.3) is 5.91 Å². The summed E-state index contributed by atoms with van der Waals surface area (Å²) in [6.45, 7) is 5.02. The Balaban J connectivity index is 1.90. The van der Waals surface area contributed by atoms with E-state index in [1.807, 2.05) is 6.92 Å². The normalized spacial score (nSPS) is 10.2. The van der Waals surface area contributed by atoms with Crippen molar-refractivity contribution in [2.24, 2.45) is 16.5 Å². The highest BCUT2D eigenvalue weighted by molar-refractivity contribution is 5.93. The summed E-state index contributed by atoms with van der Waals surface area (Å²) in [5.41, 5.74) is 11.7. The second-order valence-corrected chi connectivity index (χ2v) is 7.31. The smallest absolute Gasteiger partial charge is 0.343 e. The molecule has 2 rings (SSSR count). The number of guanidine groups is 1. The molecule has 0 saturated carbocycles. The van der Waals surface area contributed by atoms with Crippen LogP contribution in [0, 0.1) is 0 Å². The number of hydrogen-bond acceptors (Lipinski definition) is 6. The molecule has 1 amide bonds. The fourth-order valence-corrected chi connectivity index (χ4v) is 2.93. The molecule has 0 aliphatic carbocycles. The number of aliphatic imine (C=N–C) groups is 1. The van der Waals surface area contributed by atoms with Crippen LogP contribution in [-0.4, -0.2) is 48.4 Å². The van der Waals surface area contributed by atoms with E-state index in [1.165, 1.54) is 36.4 Å². The molecule has 0 atom stereocenters. The Morgan fingerprint density at radius 2 is 1.45 bits per heavy atom. The number of rotatable bonds is 11. The van der Waals surface area contributed by atoms with Crippen molar-refractivity contribution in [2.75, 3.05) is 19.7 Å². The fraction of sp³-hybridized carbons (Fsp3) is 0.333. The zero-order chi connectivity index (χ0) is 24.2. The molecule has 176 valence electrons. The first-order valence-corrected chi connectivity index (χ1v) is 10.8. The maximum Gasteiger partial charge on any atom is 0.343 e. The van der Waals surface area contributed by atoms with Crippen LogP contribution in [0.1, 0.15) is 53.8 Å². The van der Waals surface area contributed by atoms with Gasteiger partial charge in [0.05, 0.1) is 16.8 Å². The van der Waals surface area contributed by atoms with Crippen molar-refractivity contribution in [3.63, 3.8) is 0 Å². The molecule has 2 aromatic carbocycles. The number of amides is 1. The molecule has 0 aliphatic rings. The number of unbranched alkanes of at least 4 members (excludes halogenated alkanes) is 1. The van der Waals surface area contributed by atoms with Gasteiger partial charge in [-0.2, -0.15) is 0 Å². The van der Waals surface area contributed by atoms with Gasteiger partial charge in [-0.05, 0) is 61.4 Å². The number of ether oxygens (including phenoxy) is 2. The largest absolute Gasteiger partial charge is 0.452 e. The van der Waals surface area contributed by atoms with Crippen molar-refractivity contribution in [1.82, 2.24) is 4.90 Å². The van der Waals surface area contributed by atoms with Crippen molar-refractivity contribution in [3.05, 3.63) is 59.7 Å². The van der Waals surface area contributed by atoms with E-state index in [-0.39, 0.29) is 29.8 Å². The number of hydrogen-bond donors (Lipinski definition) is 2. The van der Waals surface area contributed by atoms with Crippen LogP contribution in [0.25, 0.3) is 0 Å². The summed E-state index contributed by atoms with van der Waals surface area (Å²) in [5, 5.41) is 0. The van der Waals surface area contributed by atoms with Crippen LogP contribution in [0.4, 0.5) is 5.69 Å². The van der Waals surface area contributed by atoms with Gasteiger partial charge >= 0.3 is 11.9 Å². The Labute approximate surface area is 193 Å². The van der Waals surface area contributed by atoms with Crippen molar-refractivity contribution < 1.29 is 23.9 Å². The minimum absolute atomic E-state index is 0.0805. The van der Waals surface area contributed by atoms with Gasteiger partial charge in [-0.3, -0.25) is 4.79 Å². The molecule has 0 aromatic heterocycles. The van der Waals surface area contributed by atoms with E-state index in [2.05, 4.69) is 11.9 Å². The number of nitrogens with zero attached hydrogens (tertiary/aromatic N) is 2. The topological polar surface area (TPSA) is 137 Å². The lowest BCUT2D eigenvalue weighted by molar-refractivity contribution is -0.134. The maximum absolute atomic E-state index is 12.3. The third-order valence-electron chi connectivity index (χ3n) is 4.62. The van der Waals surface area contributed by atoms with Crippen LogP contribution in [0.2, 0.25) is 0 Å². The molecule has 0 bridgehead atoms. The third-order valence-corrected chi connectivity index (χ3v) is 4.62. The zero-order valence-electron chi connectivity index (χ0n) is 19.0. The number of carbonyl (C=O) groups excluding carboxylic acids is 3. The average Bonchev–Trinajstić information content (AvgIpc) is 2.80. The van der Waals surface area contributed by atoms with E-state index < -0.39 is 11.9 Å². The predicted octanol–water partition coefficient (Wildman–Crippen LogP) is 3.01. The summed E-state index contributed by atoms with van der Waals surface area (Å²) in [7, 11) is 0. The molecule has 0 saturated heterocycles. The number of benzene rings is 2. The van der Waals surface area contributed by atoms with Crippen LogP contribution in [0.15, 0.2) is 53.5 Å². The number of carbonyl (C=O) groups is 3. The standard InChI is InChI=1S/C24H30N4O5/c1-3-5-15-28(14-4-2)21(29)16-32-22(30)17-8-12-20(13-9-17)33-23(31)18-6-10-19(11-7-18)27-24(25)26/h6-13H,3-5,14-16H2,1-2H3,(H4,25,26,27). The summed E-state index contributed by atoms with van der Waals surface area (Å²) in [6, 6.07) is 12.1. The first kappa shape index (κ1) is 25.4. The van der Waals surface area contributed by atoms with Crippen LogP contribution in [0.5, 0.6) is 5.75 Å². The quantitative estimate of drug-likeness (QED) is 0.230. The number of esters is 2. The lowest BCUT2D eigenvalue weighted by Gasteiger charge is -2.21. The summed E-state index contributed by atoms with van der Waals surface area (Å²) in [6.07, 6.45) is 2.72. The lowest BCUT2D eigenvalue weighted by Crippen LogP contribution is -2.36. The third kappa shape index (κ3) is 8.29. The van der Waals surface area contributed by atoms with Gasteiger partial charge in [0.2, 0.25) is 0 Å². The SMILES string of the molecule is CCCCN(CCC)C(=O)COC(=O)c1ccc(OC(=O)c2ccc(N=C(N)N)cc2)cc1. The van der Waals surface area contributed by atoms with Crippen molar-refractivity contribution >= 4 is 29.5 Å². The summed E-state index contributed by atoms with van der Waals surface area (Å²) < 4.78 is 10.5. The fourth-order valence-electron chi connectivity index (χ4n) is 2.93. The Kier molecular flexibility index (Phi) is 9.88. The second-order valence-electron chi connectivity index (χ2n) is 7.31. The van der Waals surface area contributed by atoms with Gasteiger partial charge in [-0.15, -0.1) is 0 Å². The van der Waals surface area contributed by atoms with Crippen molar-refractivity contribution in [1.29, 1.82) is 0 Å². The number of nitrogens with two attached hydrogens (primary N) is 2. The maximum atomic E-state index is 12.3. The Hall–Kier alpha value is -3.88. The highest BCUT2D eigenvalue weighted by atomic mass is 16.5. The lowest BCUT2D eigenvalue weighted by atomic mass is 10.2. The molecule has 0 unspecified atom stereocenters. The molecule has 0 heterocycles. The zero-order valence-corrected chi connectivity index (χ0v) is 19.0. The van der Waals surface area contributed by atoms with Gasteiger partial charge in [-0.25, -0.2) is 14.6 Å². The van der Waals surface area contributed by atoms with Crippen LogP contribution < -0.4 is 16.2 Å². The summed E-state index contributed by atoms with van der Waals surface area (Å²) in [5.74, 6) is -1.23. The van der Waals surface area contributed by atoms with Crippen molar-refractivity contribution in [3.8, 4) is 5.75 Å². The van der Waals surface area contributed by atoms with Crippen LogP contribution in [-0.2, 0) is 9.53 Å². The summed E-state index contributed by atoms with van der Waals surface area (Å²) in [4.78, 5) is 42.5. The minimum Gasteiger partial charge on any atom is -0.452 e. The molecule has 9 heteroatoms. The van der Waals surface area contributed by atoms with Gasteiger partial charge in [0.15, 0.2) is 12.6 Å². The van der Waals surface area contributed by atoms with Crippen LogP contribution in [0.3, 0.4) is 0 Å². The molecule has 0 spiro atoms. The molecule has 0 fully saturated rings. The van der Waals surface area contributed by atoms with E-state index in [0.717, 1.165) is 19.3 Å². The highest BCUT2D eigenvalue weighted by Gasteiger charge is 2.16. The second kappa shape index (κ2) is 12.8. The Bertz CT molecular complexity index is 967. The van der Waals surface area contributed by atoms with E-state index in [0.29, 0.717) is 24.3 Å². The van der Waals surface area contributed by atoms with E-state index in [4.69, 9.17) is 20.9 Å². The molecular weight excluding hydrogens is 424 g/mol. The van der Waals surface area contributed by atoms with Gasteiger partial charge in [0, 0.05) is 13.1 Å². The van der Waals surface area contributed by atoms with E-state index >= 15 is 0 Å². The molecular formula is C24H30N4O5. The first-order valence-electron chi connectivity index (χ1n) is 10.8. The molecule has 4 N–H and O–H groups in total. The Morgan fingerprint density at radius 1 is 0.848 bits per heavy atom. The van der Waals surface area contributed by atoms with Crippen LogP contribution >= 0.6 is 0 Å². The predicted molar refractivity (Wildman–Crippen MR) is 125 cm³/mol. The molecule has 9 nitrogen and oxygen atoms in total. The van der Waals surface area contributed by atoms with Gasteiger partial charge in [-0.1, -0.05) is 20.3 Å². The Morgan fingerprint density at radius 3 is 2.03 bits per heavy atom. The molecule has 0 radical (unpaired) electrons. The van der Waals surface area contributed by atoms with Gasteiger partial charge < -0.3 is 25.8 Å². The molecule has 0 aliphatic heterocycles. The average molecular weight is 455 g/mol. The van der Waals surface area contributed by atoms with E-state index in [1.54, 1.807) is 17.0 Å². The molecule has 33 heavy (non-hydrogen) atoms. The minimum atomic E-state index is -0.622. The van der Waals surface area contributed by atoms with Crippen molar-refractivity contribution in [2.45, 2.75) is 33.1 Å². The first-order chi connectivity index (χ1) is 15.8. The van der Waals surface area contributed by atoms with Gasteiger partial charge in [0.1, 0.15) is 5.75 Å². The summed E-state index contributed by atoms with van der Waals surface area (Å²) >= 11 is 0. The molecule has 2 aromatic rings.